The van der Waals surface area contributed by atoms with Gasteiger partial charge in [-0.15, -0.1) is 0 Å². The van der Waals surface area contributed by atoms with E-state index >= 15 is 0 Å². The summed E-state index contributed by atoms with van der Waals surface area (Å²) in [6.45, 7) is 8.16. The summed E-state index contributed by atoms with van der Waals surface area (Å²) in [6, 6.07) is 14.6. The van der Waals surface area contributed by atoms with Crippen LogP contribution in [0.2, 0.25) is 0 Å². The number of benzene rings is 2. The van der Waals surface area contributed by atoms with Crippen LogP contribution in [0.1, 0.15) is 16.7 Å². The minimum atomic E-state index is 0.303. The van der Waals surface area contributed by atoms with E-state index in [1.165, 1.54) is 11.1 Å². The molecule has 0 aromatic heterocycles. The number of aryl methyl sites for hydroxylation is 1. The summed E-state index contributed by atoms with van der Waals surface area (Å²) in [7, 11) is 0. The van der Waals surface area contributed by atoms with E-state index in [-0.39, 0.29) is 0 Å². The van der Waals surface area contributed by atoms with Crippen LogP contribution in [0.5, 0.6) is 11.5 Å². The van der Waals surface area contributed by atoms with E-state index in [2.05, 4.69) is 46.3 Å². The Morgan fingerprint density at radius 2 is 1.81 bits per heavy atom. The highest BCUT2D eigenvalue weighted by molar-refractivity contribution is 7.80. The van der Waals surface area contributed by atoms with Gasteiger partial charge in [0.25, 0.3) is 0 Å². The van der Waals surface area contributed by atoms with Gasteiger partial charge in [0, 0.05) is 39.3 Å². The molecule has 142 valence electrons. The molecule has 1 fully saturated rings. The molecule has 1 saturated heterocycles. The molecule has 6 heteroatoms. The number of nitrogens with one attached hydrogen (secondary N) is 1. The zero-order valence-corrected chi connectivity index (χ0v) is 16.4. The van der Waals surface area contributed by atoms with E-state index < -0.39 is 0 Å². The smallest absolute Gasteiger partial charge is 0.231 e. The second kappa shape index (κ2) is 8.15. The van der Waals surface area contributed by atoms with Gasteiger partial charge in [0.05, 0.1) is 0 Å². The zero-order valence-electron chi connectivity index (χ0n) is 15.6. The molecule has 2 heterocycles. The van der Waals surface area contributed by atoms with E-state index in [1.54, 1.807) is 0 Å². The van der Waals surface area contributed by atoms with Crippen LogP contribution in [-0.2, 0) is 13.1 Å². The lowest BCUT2D eigenvalue weighted by molar-refractivity contribution is 0.173. The fourth-order valence-electron chi connectivity index (χ4n) is 3.48. The van der Waals surface area contributed by atoms with Crippen molar-refractivity contribution in [2.75, 3.05) is 33.0 Å². The van der Waals surface area contributed by atoms with Gasteiger partial charge in [0.1, 0.15) is 0 Å². The Hall–Kier alpha value is -2.31. The summed E-state index contributed by atoms with van der Waals surface area (Å²) in [5.41, 5.74) is 3.91. The first-order valence-corrected chi connectivity index (χ1v) is 9.78. The summed E-state index contributed by atoms with van der Waals surface area (Å²) in [5.74, 6) is 1.62. The van der Waals surface area contributed by atoms with Crippen LogP contribution in [0.15, 0.2) is 42.5 Å². The van der Waals surface area contributed by atoms with Crippen LogP contribution >= 0.6 is 12.2 Å². The van der Waals surface area contributed by atoms with Crippen molar-refractivity contribution >= 4 is 17.3 Å². The summed E-state index contributed by atoms with van der Waals surface area (Å²) in [6.07, 6.45) is 0. The van der Waals surface area contributed by atoms with Crippen molar-refractivity contribution in [3.8, 4) is 11.5 Å². The van der Waals surface area contributed by atoms with Gasteiger partial charge in [-0.1, -0.05) is 30.3 Å². The Balaban J connectivity index is 1.24. The lowest BCUT2D eigenvalue weighted by Gasteiger charge is -2.36. The predicted octanol–water partition coefficient (Wildman–Crippen LogP) is 2.92. The second-order valence-corrected chi connectivity index (χ2v) is 7.42. The number of rotatable bonds is 4. The number of ether oxygens (including phenoxy) is 2. The average molecular weight is 384 g/mol. The number of nitrogens with zero attached hydrogens (tertiary/aromatic N) is 2. The van der Waals surface area contributed by atoms with Crippen molar-refractivity contribution in [1.82, 2.24) is 15.1 Å². The first-order valence-electron chi connectivity index (χ1n) is 9.37. The van der Waals surface area contributed by atoms with Crippen LogP contribution in [0.4, 0.5) is 0 Å². The molecule has 1 N–H and O–H groups in total. The van der Waals surface area contributed by atoms with Gasteiger partial charge in [-0.25, -0.2) is 0 Å². The number of piperazine rings is 1. The van der Waals surface area contributed by atoms with E-state index in [0.717, 1.165) is 54.9 Å². The first-order chi connectivity index (χ1) is 13.2. The molecule has 2 aliphatic rings. The zero-order chi connectivity index (χ0) is 18.6. The Morgan fingerprint density at radius 3 is 2.63 bits per heavy atom. The van der Waals surface area contributed by atoms with Crippen molar-refractivity contribution in [3.63, 3.8) is 0 Å². The average Bonchev–Trinajstić information content (AvgIpc) is 3.16. The molecular weight excluding hydrogens is 358 g/mol. The van der Waals surface area contributed by atoms with Gasteiger partial charge < -0.3 is 19.7 Å². The Morgan fingerprint density at radius 1 is 1.04 bits per heavy atom. The predicted molar refractivity (Wildman–Crippen MR) is 110 cm³/mol. The molecule has 4 rings (SSSR count). The van der Waals surface area contributed by atoms with Gasteiger partial charge in [-0.2, -0.15) is 0 Å². The lowest BCUT2D eigenvalue weighted by Crippen LogP contribution is -2.51. The lowest BCUT2D eigenvalue weighted by atomic mass is 10.1. The molecule has 0 bridgehead atoms. The molecule has 2 aromatic rings. The molecule has 5 nitrogen and oxygen atoms in total. The van der Waals surface area contributed by atoms with E-state index in [0.29, 0.717) is 13.3 Å². The molecule has 0 saturated carbocycles. The molecule has 0 unspecified atom stereocenters. The van der Waals surface area contributed by atoms with Crippen LogP contribution in [0, 0.1) is 6.92 Å². The summed E-state index contributed by atoms with van der Waals surface area (Å²) >= 11 is 5.60. The highest BCUT2D eigenvalue weighted by atomic mass is 32.1. The Kier molecular flexibility index (Phi) is 5.45. The molecule has 2 aliphatic heterocycles. The third kappa shape index (κ3) is 4.34. The van der Waals surface area contributed by atoms with Crippen molar-refractivity contribution in [3.05, 3.63) is 59.2 Å². The highest BCUT2D eigenvalue weighted by Gasteiger charge is 2.19. The fraction of sp³-hybridized carbons (Fsp3) is 0.381. The van der Waals surface area contributed by atoms with Gasteiger partial charge in [-0.3, -0.25) is 4.90 Å². The molecular formula is C21H25N3O2S. The third-order valence-electron chi connectivity index (χ3n) is 5.20. The molecule has 0 spiro atoms. The van der Waals surface area contributed by atoms with Gasteiger partial charge in [0.15, 0.2) is 16.6 Å². The molecule has 0 amide bonds. The van der Waals surface area contributed by atoms with Crippen molar-refractivity contribution in [1.29, 1.82) is 0 Å². The summed E-state index contributed by atoms with van der Waals surface area (Å²) < 4.78 is 10.8. The molecule has 2 aromatic carbocycles. The van der Waals surface area contributed by atoms with Crippen LogP contribution in [-0.4, -0.2) is 47.9 Å². The molecule has 27 heavy (non-hydrogen) atoms. The Labute approximate surface area is 165 Å². The summed E-state index contributed by atoms with van der Waals surface area (Å²) in [4.78, 5) is 4.76. The van der Waals surface area contributed by atoms with Crippen molar-refractivity contribution in [2.24, 2.45) is 0 Å². The third-order valence-corrected chi connectivity index (χ3v) is 5.60. The Bertz CT molecular complexity index is 819. The maximum absolute atomic E-state index is 5.60. The maximum atomic E-state index is 5.60. The van der Waals surface area contributed by atoms with E-state index in [1.807, 2.05) is 18.2 Å². The van der Waals surface area contributed by atoms with Gasteiger partial charge in [0.2, 0.25) is 6.79 Å². The van der Waals surface area contributed by atoms with Gasteiger partial charge in [-0.05, 0) is 48.0 Å². The minimum Gasteiger partial charge on any atom is -0.454 e. The quantitative estimate of drug-likeness (QED) is 0.819. The van der Waals surface area contributed by atoms with Crippen molar-refractivity contribution < 1.29 is 9.47 Å². The van der Waals surface area contributed by atoms with Crippen LogP contribution in [0.25, 0.3) is 0 Å². The number of hydrogen-bond donors (Lipinski definition) is 1. The largest absolute Gasteiger partial charge is 0.454 e. The number of thiocarbonyl (C=S) groups is 1. The standard InChI is InChI=1S/C21H25N3O2S/c1-16-4-2-3-5-18(16)14-23-8-10-24(11-9-23)21(27)22-13-17-6-7-19-20(12-17)26-15-25-19/h2-7,12H,8-11,13-15H2,1H3,(H,22,27). The van der Waals surface area contributed by atoms with E-state index in [4.69, 9.17) is 21.7 Å². The SMILES string of the molecule is Cc1ccccc1CN1CCN(C(=S)NCc2ccc3c(c2)OCO3)CC1. The molecule has 0 aliphatic carbocycles. The minimum absolute atomic E-state index is 0.303. The highest BCUT2D eigenvalue weighted by Crippen LogP contribution is 2.32. The van der Waals surface area contributed by atoms with Gasteiger partial charge >= 0.3 is 0 Å². The van der Waals surface area contributed by atoms with Crippen LogP contribution < -0.4 is 14.8 Å². The monoisotopic (exact) mass is 383 g/mol. The van der Waals surface area contributed by atoms with Crippen LogP contribution in [0.3, 0.4) is 0 Å². The maximum Gasteiger partial charge on any atom is 0.231 e. The topological polar surface area (TPSA) is 37.0 Å². The van der Waals surface area contributed by atoms with Crippen molar-refractivity contribution in [2.45, 2.75) is 20.0 Å². The second-order valence-electron chi connectivity index (χ2n) is 7.04. The first kappa shape index (κ1) is 18.1. The molecule has 0 radical (unpaired) electrons. The number of fused-ring (bicyclic) bond motifs is 1. The number of hydrogen-bond acceptors (Lipinski definition) is 4. The van der Waals surface area contributed by atoms with E-state index in [9.17, 15) is 0 Å². The fourth-order valence-corrected chi connectivity index (χ4v) is 3.73. The molecule has 0 atom stereocenters. The normalized spacial score (nSPS) is 16.4. The summed E-state index contributed by atoms with van der Waals surface area (Å²) in [5, 5.41) is 4.20.